The zero-order valence-electron chi connectivity index (χ0n) is 11.2. The first-order chi connectivity index (χ1) is 8.97. The van der Waals surface area contributed by atoms with Crippen LogP contribution in [0.15, 0.2) is 18.2 Å². The van der Waals surface area contributed by atoms with E-state index in [0.29, 0.717) is 12.1 Å². The number of carbonyl (C=O) groups is 1. The van der Waals surface area contributed by atoms with Gasteiger partial charge in [0.25, 0.3) is 0 Å². The summed E-state index contributed by atoms with van der Waals surface area (Å²) in [5.41, 5.74) is 0.961. The van der Waals surface area contributed by atoms with Crippen molar-refractivity contribution in [2.24, 2.45) is 0 Å². The fraction of sp³-hybridized carbons (Fsp3) is 0.500. The highest BCUT2D eigenvalue weighted by Gasteiger charge is 2.24. The summed E-state index contributed by atoms with van der Waals surface area (Å²) >= 11 is 5.86. The predicted octanol–water partition coefficient (Wildman–Crippen LogP) is 2.93. The summed E-state index contributed by atoms with van der Waals surface area (Å²) < 4.78 is 0. The van der Waals surface area contributed by atoms with E-state index >= 15 is 0 Å². The van der Waals surface area contributed by atoms with Crippen molar-refractivity contribution < 1.29 is 9.90 Å². The zero-order chi connectivity index (χ0) is 14.0. The van der Waals surface area contributed by atoms with Crippen molar-refractivity contribution in [3.05, 3.63) is 28.8 Å². The molecule has 0 aromatic heterocycles. The molecule has 1 unspecified atom stereocenters. The van der Waals surface area contributed by atoms with Crippen LogP contribution in [0.25, 0.3) is 0 Å². The molecule has 0 amide bonds. The average molecular weight is 283 g/mol. The summed E-state index contributed by atoms with van der Waals surface area (Å²) in [5, 5.41) is 12.7. The van der Waals surface area contributed by atoms with Gasteiger partial charge in [0.1, 0.15) is 0 Å². The zero-order valence-corrected chi connectivity index (χ0v) is 11.9. The molecule has 0 bridgehead atoms. The number of rotatable bonds is 4. The van der Waals surface area contributed by atoms with E-state index in [1.165, 1.54) is 0 Å². The van der Waals surface area contributed by atoms with Crippen molar-refractivity contribution in [2.75, 3.05) is 18.4 Å². The number of likely N-dealkylation sites (tertiary alicyclic amines) is 1. The SMILES string of the molecule is CC(C)N1CCC(Nc2ccc(Cl)c(C(=O)O)c2)C1. The first-order valence-electron chi connectivity index (χ1n) is 6.51. The van der Waals surface area contributed by atoms with Crippen LogP contribution in [0.3, 0.4) is 0 Å². The van der Waals surface area contributed by atoms with Gasteiger partial charge in [-0.15, -0.1) is 0 Å². The molecule has 0 aliphatic carbocycles. The van der Waals surface area contributed by atoms with Crippen LogP contribution < -0.4 is 5.32 Å². The second-order valence-electron chi connectivity index (χ2n) is 5.22. The van der Waals surface area contributed by atoms with Crippen LogP contribution in [0.4, 0.5) is 5.69 Å². The van der Waals surface area contributed by atoms with Gasteiger partial charge in [0.2, 0.25) is 0 Å². The van der Waals surface area contributed by atoms with Crippen molar-refractivity contribution in [1.29, 1.82) is 0 Å². The average Bonchev–Trinajstić information content (AvgIpc) is 2.80. The highest BCUT2D eigenvalue weighted by Crippen LogP contribution is 2.23. The fourth-order valence-corrected chi connectivity index (χ4v) is 2.59. The van der Waals surface area contributed by atoms with E-state index in [1.807, 2.05) is 6.07 Å². The molecule has 1 aromatic carbocycles. The van der Waals surface area contributed by atoms with Crippen LogP contribution in [0.2, 0.25) is 5.02 Å². The van der Waals surface area contributed by atoms with Crippen LogP contribution in [0.1, 0.15) is 30.6 Å². The molecule has 4 nitrogen and oxygen atoms in total. The number of halogens is 1. The van der Waals surface area contributed by atoms with Gasteiger partial charge in [-0.25, -0.2) is 4.79 Å². The number of nitrogens with zero attached hydrogens (tertiary/aromatic N) is 1. The number of hydrogen-bond donors (Lipinski definition) is 2. The standard InChI is InChI=1S/C14H19ClN2O2/c1-9(2)17-6-5-11(8-17)16-10-3-4-13(15)12(7-10)14(18)19/h3-4,7,9,11,16H,5-6,8H2,1-2H3,(H,18,19). The maximum absolute atomic E-state index is 11.0. The van der Waals surface area contributed by atoms with E-state index in [0.717, 1.165) is 25.2 Å². The third kappa shape index (κ3) is 3.39. The summed E-state index contributed by atoms with van der Waals surface area (Å²) in [6.45, 7) is 6.44. The van der Waals surface area contributed by atoms with Gasteiger partial charge in [0.15, 0.2) is 0 Å². The molecule has 0 saturated carbocycles. The monoisotopic (exact) mass is 282 g/mol. The largest absolute Gasteiger partial charge is 0.478 e. The normalized spacial score (nSPS) is 19.9. The van der Waals surface area contributed by atoms with Gasteiger partial charge in [-0.05, 0) is 38.5 Å². The summed E-state index contributed by atoms with van der Waals surface area (Å²) in [4.78, 5) is 13.4. The maximum atomic E-state index is 11.0. The Morgan fingerprint density at radius 3 is 2.84 bits per heavy atom. The molecule has 5 heteroatoms. The quantitative estimate of drug-likeness (QED) is 0.891. The molecular weight excluding hydrogens is 264 g/mol. The molecular formula is C14H19ClN2O2. The first-order valence-corrected chi connectivity index (χ1v) is 6.88. The third-order valence-electron chi connectivity index (χ3n) is 3.52. The molecule has 1 heterocycles. The second kappa shape index (κ2) is 5.80. The minimum atomic E-state index is -0.996. The molecule has 1 aliphatic rings. The van der Waals surface area contributed by atoms with E-state index in [1.54, 1.807) is 12.1 Å². The van der Waals surface area contributed by atoms with Crippen molar-refractivity contribution in [2.45, 2.75) is 32.4 Å². The Morgan fingerprint density at radius 1 is 1.53 bits per heavy atom. The molecule has 2 N–H and O–H groups in total. The van der Waals surface area contributed by atoms with Gasteiger partial charge in [-0.3, -0.25) is 4.90 Å². The first kappa shape index (κ1) is 14.2. The Hall–Kier alpha value is -1.26. The van der Waals surface area contributed by atoms with Gasteiger partial charge in [0, 0.05) is 30.9 Å². The molecule has 1 atom stereocenters. The van der Waals surface area contributed by atoms with Crippen LogP contribution in [-0.2, 0) is 0 Å². The number of benzene rings is 1. The van der Waals surface area contributed by atoms with Crippen molar-refractivity contribution in [3.8, 4) is 0 Å². The van der Waals surface area contributed by atoms with E-state index in [-0.39, 0.29) is 10.6 Å². The van der Waals surface area contributed by atoms with E-state index in [9.17, 15) is 4.79 Å². The van der Waals surface area contributed by atoms with Crippen LogP contribution in [0, 0.1) is 0 Å². The number of aromatic carboxylic acids is 1. The third-order valence-corrected chi connectivity index (χ3v) is 3.85. The van der Waals surface area contributed by atoms with Gasteiger partial charge >= 0.3 is 5.97 Å². The minimum Gasteiger partial charge on any atom is -0.478 e. The smallest absolute Gasteiger partial charge is 0.337 e. The summed E-state index contributed by atoms with van der Waals surface area (Å²) in [6.07, 6.45) is 1.07. The second-order valence-corrected chi connectivity index (χ2v) is 5.63. The number of nitrogens with one attached hydrogen (secondary N) is 1. The molecule has 2 rings (SSSR count). The van der Waals surface area contributed by atoms with Crippen molar-refractivity contribution >= 4 is 23.3 Å². The van der Waals surface area contributed by atoms with Gasteiger partial charge in [-0.2, -0.15) is 0 Å². The predicted molar refractivity (Wildman–Crippen MR) is 77.1 cm³/mol. The Bertz CT molecular complexity index is 477. The number of hydrogen-bond acceptors (Lipinski definition) is 3. The number of carboxylic acid groups (broad SMARTS) is 1. The topological polar surface area (TPSA) is 52.6 Å². The minimum absolute atomic E-state index is 0.144. The molecule has 104 valence electrons. The molecule has 1 saturated heterocycles. The Morgan fingerprint density at radius 2 is 2.26 bits per heavy atom. The maximum Gasteiger partial charge on any atom is 0.337 e. The van der Waals surface area contributed by atoms with Crippen molar-refractivity contribution in [3.63, 3.8) is 0 Å². The highest BCUT2D eigenvalue weighted by molar-refractivity contribution is 6.33. The van der Waals surface area contributed by atoms with Crippen LogP contribution >= 0.6 is 11.6 Å². The number of anilines is 1. The molecule has 0 radical (unpaired) electrons. The lowest BCUT2D eigenvalue weighted by atomic mass is 10.1. The van der Waals surface area contributed by atoms with Crippen LogP contribution in [-0.4, -0.2) is 41.1 Å². The molecule has 19 heavy (non-hydrogen) atoms. The Balaban J connectivity index is 2.04. The fourth-order valence-electron chi connectivity index (χ4n) is 2.39. The molecule has 0 spiro atoms. The van der Waals surface area contributed by atoms with Gasteiger partial charge in [0.05, 0.1) is 10.6 Å². The molecule has 1 aliphatic heterocycles. The molecule has 1 aromatic rings. The molecule has 1 fully saturated rings. The lowest BCUT2D eigenvalue weighted by molar-refractivity contribution is 0.0697. The van der Waals surface area contributed by atoms with Gasteiger partial charge in [-0.1, -0.05) is 11.6 Å². The van der Waals surface area contributed by atoms with E-state index < -0.39 is 5.97 Å². The van der Waals surface area contributed by atoms with Gasteiger partial charge < -0.3 is 10.4 Å². The van der Waals surface area contributed by atoms with E-state index in [2.05, 4.69) is 24.1 Å². The van der Waals surface area contributed by atoms with Crippen molar-refractivity contribution in [1.82, 2.24) is 4.90 Å². The highest BCUT2D eigenvalue weighted by atomic mass is 35.5. The number of carboxylic acids is 1. The lowest BCUT2D eigenvalue weighted by Gasteiger charge is -2.21. The summed E-state index contributed by atoms with van der Waals surface area (Å²) in [5.74, 6) is -0.996. The summed E-state index contributed by atoms with van der Waals surface area (Å²) in [6, 6.07) is 5.97. The Labute approximate surface area is 118 Å². The van der Waals surface area contributed by atoms with E-state index in [4.69, 9.17) is 16.7 Å². The Kier molecular flexibility index (Phi) is 4.32. The summed E-state index contributed by atoms with van der Waals surface area (Å²) in [7, 11) is 0. The lowest BCUT2D eigenvalue weighted by Crippen LogP contribution is -2.31. The van der Waals surface area contributed by atoms with Crippen LogP contribution in [0.5, 0.6) is 0 Å².